The van der Waals surface area contributed by atoms with Gasteiger partial charge in [-0.3, -0.25) is 0 Å². The second-order valence-corrected chi connectivity index (χ2v) is 3.31. The van der Waals surface area contributed by atoms with Crippen molar-refractivity contribution in [3.63, 3.8) is 0 Å². The molecule has 1 unspecified atom stereocenters. The van der Waals surface area contributed by atoms with E-state index in [1.165, 1.54) is 0 Å². The number of hydrogen-bond donors (Lipinski definition) is 2. The molecule has 0 saturated heterocycles. The normalized spacial score (nSPS) is 13.6. The highest BCUT2D eigenvalue weighted by Crippen LogP contribution is 2.18. The van der Waals surface area contributed by atoms with Gasteiger partial charge in [0.1, 0.15) is 5.75 Å². The van der Waals surface area contributed by atoms with Gasteiger partial charge in [0.05, 0.1) is 0 Å². The van der Waals surface area contributed by atoms with Crippen LogP contribution in [0.3, 0.4) is 0 Å². The molecular weight excluding hydrogens is 192 g/mol. The van der Waals surface area contributed by atoms with Crippen molar-refractivity contribution in [2.75, 3.05) is 0 Å². The Balaban J connectivity index is 2.80. The van der Waals surface area contributed by atoms with Gasteiger partial charge in [0.15, 0.2) is 11.9 Å². The molecule has 0 aliphatic carbocycles. The largest absolute Gasteiger partial charge is 0.482 e. The molecule has 0 radical (unpaired) electrons. The van der Waals surface area contributed by atoms with Gasteiger partial charge in [0.25, 0.3) is 0 Å². The molecule has 15 heavy (non-hydrogen) atoms. The maximum atomic E-state index is 8.57. The van der Waals surface area contributed by atoms with Crippen LogP contribution in [0, 0.1) is 6.92 Å². The number of ether oxygens (including phenoxy) is 1. The highest BCUT2D eigenvalue weighted by molar-refractivity contribution is 5.84. The number of aryl methyl sites for hydroxylation is 1. The average Bonchev–Trinajstić information content (AvgIpc) is 2.27. The molecule has 1 aromatic carbocycles. The first-order valence-electron chi connectivity index (χ1n) is 4.88. The SMILES string of the molecule is CCC(Oc1ccccc1C)C(N)=NO. The summed E-state index contributed by atoms with van der Waals surface area (Å²) in [6.07, 6.45) is 0.278. The summed E-state index contributed by atoms with van der Waals surface area (Å²) in [5.41, 5.74) is 6.53. The number of para-hydroxylation sites is 1. The molecule has 0 aliphatic heterocycles. The van der Waals surface area contributed by atoms with E-state index < -0.39 is 0 Å². The number of amidine groups is 1. The number of nitrogens with two attached hydrogens (primary N) is 1. The smallest absolute Gasteiger partial charge is 0.180 e. The van der Waals surface area contributed by atoms with E-state index in [1.54, 1.807) is 0 Å². The minimum Gasteiger partial charge on any atom is -0.482 e. The fourth-order valence-corrected chi connectivity index (χ4v) is 1.26. The zero-order chi connectivity index (χ0) is 11.3. The summed E-state index contributed by atoms with van der Waals surface area (Å²) in [7, 11) is 0. The molecule has 0 amide bonds. The molecule has 0 aliphatic rings. The summed E-state index contributed by atoms with van der Waals surface area (Å²) in [6.45, 7) is 3.87. The Morgan fingerprint density at radius 2 is 2.20 bits per heavy atom. The first kappa shape index (κ1) is 11.4. The van der Waals surface area contributed by atoms with E-state index in [9.17, 15) is 0 Å². The molecule has 1 aromatic rings. The molecule has 4 nitrogen and oxygen atoms in total. The molecule has 0 saturated carbocycles. The topological polar surface area (TPSA) is 67.8 Å². The van der Waals surface area contributed by atoms with E-state index in [2.05, 4.69) is 5.16 Å². The second-order valence-electron chi connectivity index (χ2n) is 3.31. The molecule has 0 heterocycles. The van der Waals surface area contributed by atoms with Crippen LogP contribution < -0.4 is 10.5 Å². The van der Waals surface area contributed by atoms with Crippen LogP contribution in [-0.4, -0.2) is 17.1 Å². The molecule has 82 valence electrons. The molecule has 1 rings (SSSR count). The van der Waals surface area contributed by atoms with Gasteiger partial charge in [-0.25, -0.2) is 0 Å². The lowest BCUT2D eigenvalue weighted by molar-refractivity contribution is 0.245. The summed E-state index contributed by atoms with van der Waals surface area (Å²) in [6, 6.07) is 7.64. The maximum Gasteiger partial charge on any atom is 0.180 e. The maximum absolute atomic E-state index is 8.57. The lowest BCUT2D eigenvalue weighted by atomic mass is 10.2. The zero-order valence-corrected chi connectivity index (χ0v) is 8.97. The van der Waals surface area contributed by atoms with Gasteiger partial charge in [-0.15, -0.1) is 0 Å². The average molecular weight is 208 g/mol. The fraction of sp³-hybridized carbons (Fsp3) is 0.364. The lowest BCUT2D eigenvalue weighted by Gasteiger charge is -2.17. The van der Waals surface area contributed by atoms with E-state index in [0.29, 0.717) is 6.42 Å². The number of benzene rings is 1. The van der Waals surface area contributed by atoms with E-state index in [4.69, 9.17) is 15.7 Å². The van der Waals surface area contributed by atoms with E-state index in [-0.39, 0.29) is 11.9 Å². The minimum atomic E-state index is -0.379. The third-order valence-electron chi connectivity index (χ3n) is 2.18. The monoisotopic (exact) mass is 208 g/mol. The molecule has 1 atom stereocenters. The zero-order valence-electron chi connectivity index (χ0n) is 8.97. The van der Waals surface area contributed by atoms with E-state index in [1.807, 2.05) is 38.1 Å². The third-order valence-corrected chi connectivity index (χ3v) is 2.18. The van der Waals surface area contributed by atoms with Crippen LogP contribution in [0.1, 0.15) is 18.9 Å². The Hall–Kier alpha value is -1.71. The van der Waals surface area contributed by atoms with Gasteiger partial charge in [-0.05, 0) is 25.0 Å². The van der Waals surface area contributed by atoms with Crippen LogP contribution in [0.25, 0.3) is 0 Å². The van der Waals surface area contributed by atoms with Crippen LogP contribution in [0.2, 0.25) is 0 Å². The summed E-state index contributed by atoms with van der Waals surface area (Å²) in [4.78, 5) is 0. The Bertz CT molecular complexity index is 350. The summed E-state index contributed by atoms with van der Waals surface area (Å²) >= 11 is 0. The third kappa shape index (κ3) is 2.87. The van der Waals surface area contributed by atoms with Crippen molar-refractivity contribution in [2.45, 2.75) is 26.4 Å². The van der Waals surface area contributed by atoms with Gasteiger partial charge >= 0.3 is 0 Å². The summed E-state index contributed by atoms with van der Waals surface area (Å²) in [5, 5.41) is 11.5. The van der Waals surface area contributed by atoms with Gasteiger partial charge in [0, 0.05) is 0 Å². The summed E-state index contributed by atoms with van der Waals surface area (Å²) in [5.74, 6) is 0.858. The lowest BCUT2D eigenvalue weighted by Crippen LogP contribution is -2.33. The van der Waals surface area contributed by atoms with Crippen molar-refractivity contribution >= 4 is 5.84 Å². The van der Waals surface area contributed by atoms with Gasteiger partial charge in [-0.1, -0.05) is 30.3 Å². The number of nitrogens with zero attached hydrogens (tertiary/aromatic N) is 1. The van der Waals surface area contributed by atoms with Crippen LogP contribution in [0.15, 0.2) is 29.4 Å². The second kappa shape index (κ2) is 5.24. The van der Waals surface area contributed by atoms with Gasteiger partial charge in [0.2, 0.25) is 0 Å². The van der Waals surface area contributed by atoms with E-state index in [0.717, 1.165) is 11.3 Å². The Labute approximate surface area is 89.4 Å². The van der Waals surface area contributed by atoms with Gasteiger partial charge in [-0.2, -0.15) is 0 Å². The predicted molar refractivity (Wildman–Crippen MR) is 59.3 cm³/mol. The van der Waals surface area contributed by atoms with Gasteiger partial charge < -0.3 is 15.7 Å². The fourth-order valence-electron chi connectivity index (χ4n) is 1.26. The van der Waals surface area contributed by atoms with Crippen LogP contribution in [0.5, 0.6) is 5.75 Å². The van der Waals surface area contributed by atoms with Crippen molar-refractivity contribution in [1.82, 2.24) is 0 Å². The van der Waals surface area contributed by atoms with Crippen molar-refractivity contribution in [1.29, 1.82) is 0 Å². The van der Waals surface area contributed by atoms with Crippen LogP contribution in [-0.2, 0) is 0 Å². The Kier molecular flexibility index (Phi) is 3.97. The molecule has 3 N–H and O–H groups in total. The molecule has 0 spiro atoms. The van der Waals surface area contributed by atoms with Crippen molar-refractivity contribution < 1.29 is 9.94 Å². The first-order chi connectivity index (χ1) is 7.19. The van der Waals surface area contributed by atoms with Crippen molar-refractivity contribution in [2.24, 2.45) is 10.9 Å². The highest BCUT2D eigenvalue weighted by Gasteiger charge is 2.14. The van der Waals surface area contributed by atoms with Crippen molar-refractivity contribution in [3.8, 4) is 5.75 Å². The quantitative estimate of drug-likeness (QED) is 0.343. The Morgan fingerprint density at radius 3 is 2.73 bits per heavy atom. The van der Waals surface area contributed by atoms with Crippen LogP contribution >= 0.6 is 0 Å². The minimum absolute atomic E-state index is 0.0979. The highest BCUT2D eigenvalue weighted by atomic mass is 16.5. The number of rotatable bonds is 4. The molecule has 0 fully saturated rings. The molecule has 0 bridgehead atoms. The standard InChI is InChI=1S/C11H16N2O2/c1-3-9(11(12)13-14)15-10-7-5-4-6-8(10)2/h4-7,9,14H,3H2,1-2H3,(H2,12,13). The number of oxime groups is 1. The Morgan fingerprint density at radius 1 is 1.53 bits per heavy atom. The van der Waals surface area contributed by atoms with Crippen LogP contribution in [0.4, 0.5) is 0 Å². The number of hydrogen-bond acceptors (Lipinski definition) is 3. The molecular formula is C11H16N2O2. The summed E-state index contributed by atoms with van der Waals surface area (Å²) < 4.78 is 5.63. The van der Waals surface area contributed by atoms with Crippen molar-refractivity contribution in [3.05, 3.63) is 29.8 Å². The predicted octanol–water partition coefficient (Wildman–Crippen LogP) is 1.90. The van der Waals surface area contributed by atoms with E-state index >= 15 is 0 Å². The first-order valence-corrected chi connectivity index (χ1v) is 4.88. The molecule has 4 heteroatoms. The molecule has 0 aromatic heterocycles.